The SMILES string of the molecule is CCCN(CCC)S(=O)(=O)CCCOc1ccc2c(c1)OCO2. The zero-order valence-electron chi connectivity index (χ0n) is 13.8. The summed E-state index contributed by atoms with van der Waals surface area (Å²) in [5, 5.41) is 0. The summed E-state index contributed by atoms with van der Waals surface area (Å²) >= 11 is 0. The molecule has 0 aromatic heterocycles. The van der Waals surface area contributed by atoms with Gasteiger partial charge in [-0.05, 0) is 31.4 Å². The molecule has 0 fully saturated rings. The van der Waals surface area contributed by atoms with Crippen molar-refractivity contribution in [3.63, 3.8) is 0 Å². The number of rotatable bonds is 10. The van der Waals surface area contributed by atoms with Crippen molar-refractivity contribution in [1.29, 1.82) is 0 Å². The maximum absolute atomic E-state index is 12.3. The van der Waals surface area contributed by atoms with Crippen molar-refractivity contribution in [3.05, 3.63) is 18.2 Å². The largest absolute Gasteiger partial charge is 0.493 e. The first-order valence-corrected chi connectivity index (χ1v) is 9.68. The van der Waals surface area contributed by atoms with Crippen molar-refractivity contribution in [3.8, 4) is 17.2 Å². The van der Waals surface area contributed by atoms with Crippen molar-refractivity contribution in [2.75, 3.05) is 32.2 Å². The van der Waals surface area contributed by atoms with E-state index < -0.39 is 10.0 Å². The normalized spacial score (nSPS) is 13.5. The van der Waals surface area contributed by atoms with Crippen molar-refractivity contribution < 1.29 is 22.6 Å². The maximum Gasteiger partial charge on any atom is 0.231 e. The number of benzene rings is 1. The fourth-order valence-electron chi connectivity index (χ4n) is 2.42. The van der Waals surface area contributed by atoms with E-state index in [0.717, 1.165) is 12.8 Å². The molecule has 0 unspecified atom stereocenters. The Morgan fingerprint density at radius 2 is 1.83 bits per heavy atom. The second kappa shape index (κ2) is 8.40. The number of nitrogens with zero attached hydrogens (tertiary/aromatic N) is 1. The highest BCUT2D eigenvalue weighted by Gasteiger charge is 2.20. The van der Waals surface area contributed by atoms with Gasteiger partial charge in [0.25, 0.3) is 0 Å². The third-order valence-electron chi connectivity index (χ3n) is 3.50. The van der Waals surface area contributed by atoms with Crippen LogP contribution < -0.4 is 14.2 Å². The molecule has 0 amide bonds. The number of fused-ring (bicyclic) bond motifs is 1. The lowest BCUT2D eigenvalue weighted by Gasteiger charge is -2.20. The van der Waals surface area contributed by atoms with Crippen LogP contribution in [0, 0.1) is 0 Å². The van der Waals surface area contributed by atoms with E-state index in [-0.39, 0.29) is 12.5 Å². The minimum atomic E-state index is -3.20. The number of ether oxygens (including phenoxy) is 3. The Hall–Kier alpha value is -1.47. The van der Waals surface area contributed by atoms with Gasteiger partial charge in [-0.15, -0.1) is 0 Å². The van der Waals surface area contributed by atoms with E-state index in [4.69, 9.17) is 14.2 Å². The summed E-state index contributed by atoms with van der Waals surface area (Å²) in [6.07, 6.45) is 2.11. The van der Waals surface area contributed by atoms with E-state index in [0.29, 0.717) is 43.4 Å². The highest BCUT2D eigenvalue weighted by Crippen LogP contribution is 2.35. The summed E-state index contributed by atoms with van der Waals surface area (Å²) in [4.78, 5) is 0. The molecule has 0 atom stereocenters. The third kappa shape index (κ3) is 5.00. The molecular formula is C16H25NO5S. The quantitative estimate of drug-likeness (QED) is 0.611. The highest BCUT2D eigenvalue weighted by atomic mass is 32.2. The average molecular weight is 343 g/mol. The first-order chi connectivity index (χ1) is 11.1. The second-order valence-electron chi connectivity index (χ2n) is 5.43. The molecular weight excluding hydrogens is 318 g/mol. The second-order valence-corrected chi connectivity index (χ2v) is 7.52. The van der Waals surface area contributed by atoms with E-state index in [9.17, 15) is 8.42 Å². The lowest BCUT2D eigenvalue weighted by atomic mass is 10.3. The van der Waals surface area contributed by atoms with Crippen LogP contribution in [0.3, 0.4) is 0 Å². The molecule has 0 saturated carbocycles. The van der Waals surface area contributed by atoms with Gasteiger partial charge < -0.3 is 14.2 Å². The molecule has 1 aromatic rings. The first kappa shape index (κ1) is 17.9. The molecule has 0 bridgehead atoms. The molecule has 6 nitrogen and oxygen atoms in total. The van der Waals surface area contributed by atoms with Gasteiger partial charge in [0.1, 0.15) is 5.75 Å². The van der Waals surface area contributed by atoms with Gasteiger partial charge in [-0.1, -0.05) is 13.8 Å². The Labute approximate surface area is 138 Å². The van der Waals surface area contributed by atoms with E-state index in [2.05, 4.69) is 0 Å². The monoisotopic (exact) mass is 343 g/mol. The Balaban J connectivity index is 1.79. The molecule has 0 radical (unpaired) electrons. The van der Waals surface area contributed by atoms with Crippen LogP contribution in [0.4, 0.5) is 0 Å². The summed E-state index contributed by atoms with van der Waals surface area (Å²) in [5.41, 5.74) is 0. The van der Waals surface area contributed by atoms with Crippen LogP contribution in [-0.2, 0) is 10.0 Å². The van der Waals surface area contributed by atoms with Gasteiger partial charge in [-0.2, -0.15) is 0 Å². The lowest BCUT2D eigenvalue weighted by molar-refractivity contribution is 0.173. The highest BCUT2D eigenvalue weighted by molar-refractivity contribution is 7.89. The van der Waals surface area contributed by atoms with Crippen LogP contribution in [0.5, 0.6) is 17.2 Å². The summed E-state index contributed by atoms with van der Waals surface area (Å²) in [6, 6.07) is 5.35. The van der Waals surface area contributed by atoms with Crippen molar-refractivity contribution in [1.82, 2.24) is 4.31 Å². The van der Waals surface area contributed by atoms with Crippen molar-refractivity contribution in [2.45, 2.75) is 33.1 Å². The van der Waals surface area contributed by atoms with Gasteiger partial charge in [-0.25, -0.2) is 12.7 Å². The average Bonchev–Trinajstić information content (AvgIpc) is 2.99. The van der Waals surface area contributed by atoms with Crippen molar-refractivity contribution >= 4 is 10.0 Å². The van der Waals surface area contributed by atoms with Crippen molar-refractivity contribution in [2.24, 2.45) is 0 Å². The number of hydrogen-bond acceptors (Lipinski definition) is 5. The zero-order chi connectivity index (χ0) is 16.7. The molecule has 0 saturated heterocycles. The smallest absolute Gasteiger partial charge is 0.231 e. The van der Waals surface area contributed by atoms with Gasteiger partial charge in [0.2, 0.25) is 16.8 Å². The summed E-state index contributed by atoms with van der Waals surface area (Å²) in [5.74, 6) is 2.13. The van der Waals surface area contributed by atoms with Crippen LogP contribution in [0.15, 0.2) is 18.2 Å². The molecule has 2 rings (SSSR count). The van der Waals surface area contributed by atoms with E-state index in [1.54, 1.807) is 22.5 Å². The number of sulfonamides is 1. The van der Waals surface area contributed by atoms with Crippen LogP contribution in [0.25, 0.3) is 0 Å². The Morgan fingerprint density at radius 3 is 2.52 bits per heavy atom. The minimum Gasteiger partial charge on any atom is -0.493 e. The first-order valence-electron chi connectivity index (χ1n) is 8.07. The summed E-state index contributed by atoms with van der Waals surface area (Å²) < 4.78 is 42.3. The molecule has 0 N–H and O–H groups in total. The lowest BCUT2D eigenvalue weighted by Crippen LogP contribution is -2.34. The Kier molecular flexibility index (Phi) is 6.53. The maximum atomic E-state index is 12.3. The molecule has 0 spiro atoms. The minimum absolute atomic E-state index is 0.109. The molecule has 1 aliphatic heterocycles. The molecule has 130 valence electrons. The molecule has 0 aliphatic carbocycles. The summed E-state index contributed by atoms with van der Waals surface area (Å²) in [6.45, 7) is 5.72. The van der Waals surface area contributed by atoms with E-state index in [1.807, 2.05) is 13.8 Å². The number of hydrogen-bond donors (Lipinski definition) is 0. The summed E-state index contributed by atoms with van der Waals surface area (Å²) in [7, 11) is -3.20. The van der Waals surface area contributed by atoms with Crippen LogP contribution in [-0.4, -0.2) is 45.0 Å². The van der Waals surface area contributed by atoms with E-state index in [1.165, 1.54) is 0 Å². The third-order valence-corrected chi connectivity index (χ3v) is 5.46. The van der Waals surface area contributed by atoms with Gasteiger partial charge >= 0.3 is 0 Å². The fraction of sp³-hybridized carbons (Fsp3) is 0.625. The predicted molar refractivity (Wildman–Crippen MR) is 88.6 cm³/mol. The Bertz CT molecular complexity index is 596. The fourth-order valence-corrected chi connectivity index (χ4v) is 4.08. The topological polar surface area (TPSA) is 65.1 Å². The van der Waals surface area contributed by atoms with Crippen LogP contribution in [0.1, 0.15) is 33.1 Å². The predicted octanol–water partition coefficient (Wildman–Crippen LogP) is 2.64. The molecule has 7 heteroatoms. The standard InChI is InChI=1S/C16H25NO5S/c1-3-8-17(9-4-2)23(18,19)11-5-10-20-14-6-7-15-16(12-14)22-13-21-15/h6-7,12H,3-5,8-11,13H2,1-2H3. The van der Waals surface area contributed by atoms with Gasteiger partial charge in [0.15, 0.2) is 11.5 Å². The molecule has 23 heavy (non-hydrogen) atoms. The molecule has 1 aromatic carbocycles. The zero-order valence-corrected chi connectivity index (χ0v) is 14.6. The van der Waals surface area contributed by atoms with Crippen LogP contribution in [0.2, 0.25) is 0 Å². The van der Waals surface area contributed by atoms with Gasteiger partial charge in [0, 0.05) is 19.2 Å². The molecule has 1 aliphatic rings. The van der Waals surface area contributed by atoms with Crippen LogP contribution >= 0.6 is 0 Å². The van der Waals surface area contributed by atoms with Gasteiger partial charge in [-0.3, -0.25) is 0 Å². The van der Waals surface area contributed by atoms with E-state index >= 15 is 0 Å². The Morgan fingerprint density at radius 1 is 1.13 bits per heavy atom. The molecule has 1 heterocycles. The van der Waals surface area contributed by atoms with Gasteiger partial charge in [0.05, 0.1) is 12.4 Å².